The van der Waals surface area contributed by atoms with E-state index in [-0.39, 0.29) is 11.4 Å². The van der Waals surface area contributed by atoms with Crippen molar-refractivity contribution in [1.29, 1.82) is 0 Å². The summed E-state index contributed by atoms with van der Waals surface area (Å²) in [4.78, 5) is 12.2. The van der Waals surface area contributed by atoms with E-state index in [1.165, 1.54) is 32.1 Å². The predicted octanol–water partition coefficient (Wildman–Crippen LogP) is 2.45. The van der Waals surface area contributed by atoms with Crippen molar-refractivity contribution in [3.63, 3.8) is 0 Å². The summed E-state index contributed by atoms with van der Waals surface area (Å²) in [5.41, 5.74) is 0.537. The van der Waals surface area contributed by atoms with Crippen LogP contribution in [0.4, 0.5) is 4.79 Å². The van der Waals surface area contributed by atoms with Gasteiger partial charge in [-0.15, -0.1) is 0 Å². The fraction of sp³-hybridized carbons (Fsp3) is 0.941. The summed E-state index contributed by atoms with van der Waals surface area (Å²) in [6.45, 7) is 4.38. The zero-order chi connectivity index (χ0) is 15.6. The highest BCUT2D eigenvalue weighted by Gasteiger charge is 2.59. The molecule has 3 aliphatic rings. The molecule has 126 valence electrons. The number of nitrogens with one attached hydrogen (secondary N) is 2. The molecule has 3 rings (SSSR count). The van der Waals surface area contributed by atoms with Crippen molar-refractivity contribution in [2.45, 2.75) is 64.0 Å². The Morgan fingerprint density at radius 3 is 2.59 bits per heavy atom. The van der Waals surface area contributed by atoms with Gasteiger partial charge < -0.3 is 20.1 Å². The number of ether oxygens (including phenoxy) is 2. The van der Waals surface area contributed by atoms with Gasteiger partial charge in [-0.3, -0.25) is 0 Å². The molecule has 0 aromatic carbocycles. The molecule has 0 unspecified atom stereocenters. The highest BCUT2D eigenvalue weighted by Crippen LogP contribution is 2.57. The Morgan fingerprint density at radius 2 is 2.05 bits per heavy atom. The lowest BCUT2D eigenvalue weighted by molar-refractivity contribution is -0.169. The van der Waals surface area contributed by atoms with Gasteiger partial charge >= 0.3 is 6.03 Å². The van der Waals surface area contributed by atoms with E-state index in [1.807, 2.05) is 0 Å². The predicted molar refractivity (Wildman–Crippen MR) is 84.8 cm³/mol. The van der Waals surface area contributed by atoms with Gasteiger partial charge in [0.25, 0.3) is 0 Å². The summed E-state index contributed by atoms with van der Waals surface area (Å²) in [6, 6.07) is 0.293. The van der Waals surface area contributed by atoms with E-state index >= 15 is 0 Å². The van der Waals surface area contributed by atoms with Crippen LogP contribution in [0.25, 0.3) is 0 Å². The van der Waals surface area contributed by atoms with Crippen LogP contribution in [0.3, 0.4) is 0 Å². The van der Waals surface area contributed by atoms with Crippen LogP contribution < -0.4 is 10.6 Å². The normalized spacial score (nSPS) is 30.3. The third-order valence-electron chi connectivity index (χ3n) is 6.16. The zero-order valence-electron chi connectivity index (χ0n) is 14.0. The smallest absolute Gasteiger partial charge is 0.315 e. The fourth-order valence-corrected chi connectivity index (χ4v) is 4.13. The van der Waals surface area contributed by atoms with Crippen molar-refractivity contribution in [3.8, 4) is 0 Å². The molecular weight excluding hydrogens is 280 g/mol. The number of hydrogen-bond donors (Lipinski definition) is 2. The SMILES string of the molecule is CCO[C@@H]1C[C@H](NC(=O)NCC2(CCOC)CC2)C12CCC2. The molecule has 0 aromatic heterocycles. The average molecular weight is 310 g/mol. The van der Waals surface area contributed by atoms with E-state index in [0.29, 0.717) is 17.6 Å². The van der Waals surface area contributed by atoms with E-state index < -0.39 is 0 Å². The van der Waals surface area contributed by atoms with Crippen molar-refractivity contribution < 1.29 is 14.3 Å². The lowest BCUT2D eigenvalue weighted by atomic mass is 9.51. The molecule has 3 saturated carbocycles. The summed E-state index contributed by atoms with van der Waals surface area (Å²) in [6.07, 6.45) is 8.43. The average Bonchev–Trinajstić information content (AvgIpc) is 3.20. The molecule has 2 amide bonds. The van der Waals surface area contributed by atoms with Gasteiger partial charge in [-0.05, 0) is 50.9 Å². The first-order chi connectivity index (χ1) is 10.6. The molecule has 2 N–H and O–H groups in total. The van der Waals surface area contributed by atoms with Crippen LogP contribution in [0.5, 0.6) is 0 Å². The van der Waals surface area contributed by atoms with Crippen molar-refractivity contribution in [3.05, 3.63) is 0 Å². The molecule has 1 spiro atoms. The number of rotatable bonds is 8. The third kappa shape index (κ3) is 2.98. The van der Waals surface area contributed by atoms with Crippen molar-refractivity contribution in [2.75, 3.05) is 26.9 Å². The number of hydrogen-bond acceptors (Lipinski definition) is 3. The van der Waals surface area contributed by atoms with Crippen LogP contribution >= 0.6 is 0 Å². The third-order valence-corrected chi connectivity index (χ3v) is 6.16. The second-order valence-electron chi connectivity index (χ2n) is 7.39. The summed E-state index contributed by atoms with van der Waals surface area (Å²) >= 11 is 0. The van der Waals surface area contributed by atoms with Crippen LogP contribution in [0.1, 0.15) is 51.9 Å². The first-order valence-electron chi connectivity index (χ1n) is 8.79. The summed E-state index contributed by atoms with van der Waals surface area (Å²) in [5.74, 6) is 0. The van der Waals surface area contributed by atoms with Crippen LogP contribution in [0.15, 0.2) is 0 Å². The van der Waals surface area contributed by atoms with E-state index in [0.717, 1.165) is 32.6 Å². The first-order valence-corrected chi connectivity index (χ1v) is 8.79. The van der Waals surface area contributed by atoms with Crippen LogP contribution in [-0.2, 0) is 9.47 Å². The topological polar surface area (TPSA) is 59.6 Å². The Hall–Kier alpha value is -0.810. The Labute approximate surface area is 133 Å². The van der Waals surface area contributed by atoms with Crippen molar-refractivity contribution >= 4 is 6.03 Å². The van der Waals surface area contributed by atoms with Gasteiger partial charge in [0.05, 0.1) is 6.10 Å². The molecule has 3 aliphatic carbocycles. The number of methoxy groups -OCH3 is 1. The van der Waals surface area contributed by atoms with Crippen LogP contribution in [-0.4, -0.2) is 45.0 Å². The largest absolute Gasteiger partial charge is 0.385 e. The Balaban J connectivity index is 1.41. The molecule has 0 aromatic rings. The molecule has 5 heteroatoms. The van der Waals surface area contributed by atoms with Crippen molar-refractivity contribution in [2.24, 2.45) is 10.8 Å². The summed E-state index contributed by atoms with van der Waals surface area (Å²) < 4.78 is 11.0. The number of carbonyl (C=O) groups is 1. The molecule has 22 heavy (non-hydrogen) atoms. The van der Waals surface area contributed by atoms with Gasteiger partial charge in [0, 0.05) is 38.3 Å². The zero-order valence-corrected chi connectivity index (χ0v) is 14.0. The standard InChI is InChI=1S/C17H30N2O3/c1-3-22-14-11-13(17(14)5-4-6-17)19-15(20)18-12-16(7-8-16)9-10-21-2/h13-14H,3-12H2,1-2H3,(H2,18,19,20)/t13-,14+/m0/s1. The highest BCUT2D eigenvalue weighted by atomic mass is 16.5. The molecular formula is C17H30N2O3. The van der Waals surface area contributed by atoms with Gasteiger partial charge in [0.1, 0.15) is 0 Å². The highest BCUT2D eigenvalue weighted by molar-refractivity contribution is 5.74. The lowest BCUT2D eigenvalue weighted by Gasteiger charge is -2.60. The molecule has 2 atom stereocenters. The Morgan fingerprint density at radius 1 is 1.27 bits per heavy atom. The van der Waals surface area contributed by atoms with Crippen LogP contribution in [0, 0.1) is 10.8 Å². The molecule has 3 fully saturated rings. The van der Waals surface area contributed by atoms with E-state index in [9.17, 15) is 4.79 Å². The summed E-state index contributed by atoms with van der Waals surface area (Å²) in [5, 5.41) is 6.27. The van der Waals surface area contributed by atoms with Gasteiger partial charge in [-0.1, -0.05) is 6.42 Å². The van der Waals surface area contributed by atoms with E-state index in [1.54, 1.807) is 7.11 Å². The minimum Gasteiger partial charge on any atom is -0.385 e. The van der Waals surface area contributed by atoms with Gasteiger partial charge in [-0.25, -0.2) is 4.79 Å². The number of amides is 2. The molecule has 0 saturated heterocycles. The molecule has 0 heterocycles. The van der Waals surface area contributed by atoms with Crippen LogP contribution in [0.2, 0.25) is 0 Å². The van der Waals surface area contributed by atoms with E-state index in [4.69, 9.17) is 9.47 Å². The minimum absolute atomic E-state index is 0.00471. The number of urea groups is 1. The Kier molecular flexibility index (Phi) is 4.64. The molecule has 0 bridgehead atoms. The van der Waals surface area contributed by atoms with E-state index in [2.05, 4.69) is 17.6 Å². The Bertz CT molecular complexity index is 405. The lowest BCUT2D eigenvalue weighted by Crippen LogP contribution is -2.68. The molecule has 0 aliphatic heterocycles. The number of carbonyl (C=O) groups excluding carboxylic acids is 1. The maximum absolute atomic E-state index is 12.2. The van der Waals surface area contributed by atoms with Gasteiger partial charge in [0.15, 0.2) is 0 Å². The fourth-order valence-electron chi connectivity index (χ4n) is 4.13. The minimum atomic E-state index is -0.00471. The maximum Gasteiger partial charge on any atom is 0.315 e. The monoisotopic (exact) mass is 310 g/mol. The first kappa shape index (κ1) is 16.1. The van der Waals surface area contributed by atoms with Gasteiger partial charge in [-0.2, -0.15) is 0 Å². The molecule has 0 radical (unpaired) electrons. The second kappa shape index (κ2) is 6.36. The van der Waals surface area contributed by atoms with Gasteiger partial charge in [0.2, 0.25) is 0 Å². The summed E-state index contributed by atoms with van der Waals surface area (Å²) in [7, 11) is 1.74. The quantitative estimate of drug-likeness (QED) is 0.724. The maximum atomic E-state index is 12.2. The molecule has 5 nitrogen and oxygen atoms in total. The second-order valence-corrected chi connectivity index (χ2v) is 7.39. The van der Waals surface area contributed by atoms with Crippen molar-refractivity contribution in [1.82, 2.24) is 10.6 Å².